The molecule has 0 aliphatic heterocycles. The van der Waals surface area contributed by atoms with Crippen LogP contribution in [0.15, 0.2) is 85.2 Å². The molecule has 2 heterocycles. The first-order chi connectivity index (χ1) is 24.2. The summed E-state index contributed by atoms with van der Waals surface area (Å²) in [6.07, 6.45) is 2.62. The first-order valence-electron chi connectivity index (χ1n) is 15.5. The van der Waals surface area contributed by atoms with Gasteiger partial charge in [0.2, 0.25) is 23.6 Å². The number of anilines is 2. The Kier molecular flexibility index (Phi) is 13.4. The Morgan fingerprint density at radius 1 is 0.560 bits per heavy atom. The lowest BCUT2D eigenvalue weighted by Crippen LogP contribution is -2.49. The molecule has 0 unspecified atom stereocenters. The van der Waals surface area contributed by atoms with Crippen LogP contribution in [-0.2, 0) is 19.2 Å². The number of aliphatic hydroxyl groups is 2. The predicted octanol–water partition coefficient (Wildman–Crippen LogP) is 0.101. The van der Waals surface area contributed by atoms with Crippen molar-refractivity contribution in [3.63, 3.8) is 0 Å². The number of fused-ring (bicyclic) bond motifs is 1. The van der Waals surface area contributed by atoms with Crippen LogP contribution in [-0.4, -0.2) is 94.0 Å². The van der Waals surface area contributed by atoms with Crippen LogP contribution < -0.4 is 31.9 Å². The lowest BCUT2D eigenvalue weighted by Gasteiger charge is -2.16. The van der Waals surface area contributed by atoms with E-state index in [9.17, 15) is 39.0 Å². The van der Waals surface area contributed by atoms with E-state index in [1.807, 2.05) is 0 Å². The summed E-state index contributed by atoms with van der Waals surface area (Å²) in [5.41, 5.74) is 1.08. The van der Waals surface area contributed by atoms with Gasteiger partial charge in [-0.05, 0) is 36.4 Å². The van der Waals surface area contributed by atoms with Crippen molar-refractivity contribution in [2.45, 2.75) is 24.9 Å². The van der Waals surface area contributed by atoms with Crippen LogP contribution in [0.5, 0.6) is 0 Å². The molecule has 2 aromatic heterocycles. The van der Waals surface area contributed by atoms with Crippen molar-refractivity contribution >= 4 is 57.6 Å². The van der Waals surface area contributed by atoms with Crippen molar-refractivity contribution in [2.75, 3.05) is 36.9 Å². The second-order valence-corrected chi connectivity index (χ2v) is 10.7. The second kappa shape index (κ2) is 18.3. The minimum Gasteiger partial charge on any atom is -0.394 e. The van der Waals surface area contributed by atoms with Crippen LogP contribution in [0, 0.1) is 0 Å². The zero-order valence-corrected chi connectivity index (χ0v) is 26.7. The molecule has 6 amide bonds. The van der Waals surface area contributed by atoms with Gasteiger partial charge in [-0.15, -0.1) is 0 Å². The maximum absolute atomic E-state index is 12.7. The topological polar surface area (TPSA) is 241 Å². The molecule has 0 fully saturated rings. The van der Waals surface area contributed by atoms with Gasteiger partial charge in [-0.2, -0.15) is 0 Å². The Morgan fingerprint density at radius 2 is 0.980 bits per heavy atom. The highest BCUT2D eigenvalue weighted by atomic mass is 16.3. The predicted molar refractivity (Wildman–Crippen MR) is 182 cm³/mol. The number of nitrogens with zero attached hydrogens (tertiary/aromatic N) is 2. The Hall–Kier alpha value is -6.26. The molecule has 260 valence electrons. The monoisotopic (exact) mass is 684 g/mol. The minimum absolute atomic E-state index is 0.0705. The van der Waals surface area contributed by atoms with Gasteiger partial charge in [0.15, 0.2) is 0 Å². The molecule has 0 saturated carbocycles. The van der Waals surface area contributed by atoms with Gasteiger partial charge in [0, 0.05) is 60.5 Å². The Balaban J connectivity index is 1.25. The smallest absolute Gasteiger partial charge is 0.270 e. The molecule has 0 bridgehead atoms. The van der Waals surface area contributed by atoms with Gasteiger partial charge in [0.1, 0.15) is 23.5 Å². The fourth-order valence-electron chi connectivity index (χ4n) is 4.64. The van der Waals surface area contributed by atoms with E-state index in [2.05, 4.69) is 41.9 Å². The molecule has 4 aromatic rings. The molecular formula is C34H36N8O8. The molecule has 0 saturated heterocycles. The largest absolute Gasteiger partial charge is 0.394 e. The first-order valence-corrected chi connectivity index (χ1v) is 15.5. The van der Waals surface area contributed by atoms with Gasteiger partial charge >= 0.3 is 0 Å². The van der Waals surface area contributed by atoms with Gasteiger partial charge in [0.25, 0.3) is 11.8 Å². The molecule has 16 nitrogen and oxygen atoms in total. The summed E-state index contributed by atoms with van der Waals surface area (Å²) >= 11 is 0. The molecule has 2 atom stereocenters. The third-order valence-corrected chi connectivity index (χ3v) is 7.18. The summed E-state index contributed by atoms with van der Waals surface area (Å²) < 4.78 is 0. The number of carbonyl (C=O) groups is 6. The number of nitrogens with one attached hydrogen (secondary N) is 6. The Morgan fingerprint density at radius 3 is 1.34 bits per heavy atom. The number of aliphatic hydroxyl groups excluding tert-OH is 2. The highest BCUT2D eigenvalue weighted by Crippen LogP contribution is 2.29. The summed E-state index contributed by atoms with van der Waals surface area (Å²) in [6, 6.07) is 17.2. The molecule has 4 rings (SSSR count). The van der Waals surface area contributed by atoms with Crippen molar-refractivity contribution in [1.29, 1.82) is 0 Å². The maximum atomic E-state index is 12.7. The molecule has 0 radical (unpaired) electrons. The zero-order chi connectivity index (χ0) is 35.9. The quantitative estimate of drug-likeness (QED) is 0.0792. The van der Waals surface area contributed by atoms with E-state index in [4.69, 9.17) is 0 Å². The SMILES string of the molecule is O=C(CCNC(=O)[C@H](CO)NC(=O)c1ccccn1)Nc1cccc2c(NC(=O)CCNC(=O)[C@H](CO)NC(=O)c3ccccn3)cccc12. The lowest BCUT2D eigenvalue weighted by molar-refractivity contribution is -0.125. The maximum Gasteiger partial charge on any atom is 0.270 e. The Labute approximate surface area is 286 Å². The highest BCUT2D eigenvalue weighted by Gasteiger charge is 2.22. The molecule has 0 aliphatic rings. The van der Waals surface area contributed by atoms with Crippen molar-refractivity contribution in [3.8, 4) is 0 Å². The first kappa shape index (κ1) is 36.6. The number of benzene rings is 2. The molecule has 8 N–H and O–H groups in total. The fraction of sp³-hybridized carbons (Fsp3) is 0.235. The van der Waals surface area contributed by atoms with Gasteiger partial charge in [-0.3, -0.25) is 38.7 Å². The number of carbonyl (C=O) groups excluding carboxylic acids is 6. The zero-order valence-electron chi connectivity index (χ0n) is 26.7. The van der Waals surface area contributed by atoms with Gasteiger partial charge in [-0.1, -0.05) is 36.4 Å². The van der Waals surface area contributed by atoms with Crippen LogP contribution in [0.2, 0.25) is 0 Å². The number of rotatable bonds is 16. The molecule has 50 heavy (non-hydrogen) atoms. The summed E-state index contributed by atoms with van der Waals surface area (Å²) in [5, 5.41) is 35.8. The third kappa shape index (κ3) is 10.4. The number of pyridine rings is 2. The highest BCUT2D eigenvalue weighted by molar-refractivity contribution is 6.09. The lowest BCUT2D eigenvalue weighted by atomic mass is 10.1. The fourth-order valence-corrected chi connectivity index (χ4v) is 4.64. The second-order valence-electron chi connectivity index (χ2n) is 10.7. The van der Waals surface area contributed by atoms with E-state index in [1.165, 1.54) is 24.5 Å². The van der Waals surface area contributed by atoms with Crippen molar-refractivity contribution in [3.05, 3.63) is 96.6 Å². The Bertz CT molecular complexity index is 1690. The number of aromatic nitrogens is 2. The molecular weight excluding hydrogens is 648 g/mol. The van der Waals surface area contributed by atoms with Gasteiger partial charge in [-0.25, -0.2) is 0 Å². The summed E-state index contributed by atoms with van der Waals surface area (Å²) in [6.45, 7) is -1.45. The minimum atomic E-state index is -1.24. The van der Waals surface area contributed by atoms with E-state index >= 15 is 0 Å². The summed E-state index contributed by atoms with van der Waals surface area (Å²) in [4.78, 5) is 82.8. The molecule has 0 spiro atoms. The van der Waals surface area contributed by atoms with Crippen LogP contribution in [0.3, 0.4) is 0 Å². The normalized spacial score (nSPS) is 11.8. The summed E-state index contributed by atoms with van der Waals surface area (Å²) in [7, 11) is 0. The van der Waals surface area contributed by atoms with Gasteiger partial charge < -0.3 is 42.1 Å². The number of hydrogen-bond acceptors (Lipinski definition) is 10. The number of hydrogen-bond donors (Lipinski definition) is 8. The molecule has 0 aliphatic carbocycles. The number of amides is 6. The summed E-state index contributed by atoms with van der Waals surface area (Å²) in [5.74, 6) is -3.44. The van der Waals surface area contributed by atoms with E-state index in [0.29, 0.717) is 22.1 Å². The van der Waals surface area contributed by atoms with Crippen LogP contribution >= 0.6 is 0 Å². The van der Waals surface area contributed by atoms with Crippen LogP contribution in [0.25, 0.3) is 10.8 Å². The standard InChI is InChI=1S/C34H36N8O8/c43-19-27(41-33(49)25-9-1-3-15-35-25)31(47)37-17-13-29(45)39-23-11-5-8-22-21(23)7-6-12-24(22)40-30(46)14-18-38-32(48)28(20-44)42-34(50)26-10-2-4-16-36-26/h1-12,15-16,27-28,43-44H,13-14,17-20H2,(H,37,47)(H,38,48)(H,39,45)(H,40,46)(H,41,49)(H,42,50)/t27-,28-/m0/s1. The van der Waals surface area contributed by atoms with Crippen LogP contribution in [0.1, 0.15) is 33.8 Å². The van der Waals surface area contributed by atoms with E-state index in [0.717, 1.165) is 0 Å². The molecule has 2 aromatic carbocycles. The third-order valence-electron chi connectivity index (χ3n) is 7.18. The van der Waals surface area contributed by atoms with Crippen LogP contribution in [0.4, 0.5) is 11.4 Å². The van der Waals surface area contributed by atoms with Crippen molar-refractivity contribution in [2.24, 2.45) is 0 Å². The molecule has 16 heteroatoms. The van der Waals surface area contributed by atoms with E-state index in [1.54, 1.807) is 60.7 Å². The average molecular weight is 685 g/mol. The van der Waals surface area contributed by atoms with Crippen molar-refractivity contribution < 1.29 is 39.0 Å². The van der Waals surface area contributed by atoms with E-state index in [-0.39, 0.29) is 37.3 Å². The average Bonchev–Trinajstić information content (AvgIpc) is 3.13. The van der Waals surface area contributed by atoms with Gasteiger partial charge in [0.05, 0.1) is 13.2 Å². The van der Waals surface area contributed by atoms with Crippen molar-refractivity contribution in [1.82, 2.24) is 31.2 Å². The van der Waals surface area contributed by atoms with E-state index < -0.39 is 60.7 Å².